The lowest BCUT2D eigenvalue weighted by Crippen LogP contribution is -2.35. The molecule has 5 heteroatoms. The van der Waals surface area contributed by atoms with Crippen molar-refractivity contribution in [2.45, 2.75) is 31.3 Å². The average molecular weight is 365 g/mol. The van der Waals surface area contributed by atoms with Gasteiger partial charge in [-0.1, -0.05) is 18.2 Å². The summed E-state index contributed by atoms with van der Waals surface area (Å²) in [6.45, 7) is 2.04. The molecule has 140 valence electrons. The highest BCUT2D eigenvalue weighted by atomic mass is 16.5. The van der Waals surface area contributed by atoms with Crippen LogP contribution in [0.1, 0.15) is 36.9 Å². The molecule has 1 aliphatic carbocycles. The number of para-hydroxylation sites is 1. The molecule has 0 radical (unpaired) electrons. The minimum atomic E-state index is -0.785. The Hall–Kier alpha value is -2.79. The van der Waals surface area contributed by atoms with Crippen LogP contribution in [0.5, 0.6) is 5.75 Å². The molecule has 27 heavy (non-hydrogen) atoms. The van der Waals surface area contributed by atoms with Gasteiger partial charge in [0.2, 0.25) is 0 Å². The first-order valence-corrected chi connectivity index (χ1v) is 9.06. The van der Waals surface area contributed by atoms with Crippen LogP contribution < -0.4 is 4.74 Å². The summed E-state index contributed by atoms with van der Waals surface area (Å²) in [5, 5.41) is 10.8. The van der Waals surface area contributed by atoms with E-state index in [-0.39, 0.29) is 0 Å². The van der Waals surface area contributed by atoms with E-state index in [2.05, 4.69) is 4.57 Å². The summed E-state index contributed by atoms with van der Waals surface area (Å²) in [6.07, 6.45) is 1.21. The minimum absolute atomic E-state index is 0.535. The molecule has 0 fully saturated rings. The number of ether oxygens (including phenoxy) is 2. The molecule has 0 bridgehead atoms. The summed E-state index contributed by atoms with van der Waals surface area (Å²) in [5.41, 5.74) is 3.19. The first-order chi connectivity index (χ1) is 13.0. The number of aliphatic carboxylic acids is 1. The Morgan fingerprint density at radius 3 is 2.48 bits per heavy atom. The number of aromatic nitrogens is 1. The molecule has 2 unspecified atom stereocenters. The lowest BCUT2D eigenvalue weighted by atomic mass is 9.77. The molecule has 0 saturated carbocycles. The molecular weight excluding hydrogens is 342 g/mol. The molecule has 0 amide bonds. The Morgan fingerprint density at radius 1 is 1.15 bits per heavy atom. The number of carboxylic acid groups (broad SMARTS) is 1. The van der Waals surface area contributed by atoms with Crippen molar-refractivity contribution in [1.29, 1.82) is 0 Å². The molecule has 4 rings (SSSR count). The first-order valence-electron chi connectivity index (χ1n) is 9.06. The summed E-state index contributed by atoms with van der Waals surface area (Å²) >= 11 is 0. The maximum absolute atomic E-state index is 12.0. The van der Waals surface area contributed by atoms with Crippen molar-refractivity contribution in [2.24, 2.45) is 0 Å². The lowest BCUT2D eigenvalue weighted by molar-refractivity contribution is -0.140. The molecule has 1 N–H and O–H groups in total. The van der Waals surface area contributed by atoms with Crippen LogP contribution >= 0.6 is 0 Å². The van der Waals surface area contributed by atoms with E-state index < -0.39 is 17.5 Å². The van der Waals surface area contributed by atoms with Crippen LogP contribution in [0.3, 0.4) is 0 Å². The fourth-order valence-electron chi connectivity index (χ4n) is 4.27. The summed E-state index contributed by atoms with van der Waals surface area (Å²) < 4.78 is 13.4. The zero-order chi connectivity index (χ0) is 19.2. The second-order valence-electron chi connectivity index (χ2n) is 7.18. The highest BCUT2D eigenvalue weighted by Gasteiger charge is 2.43. The van der Waals surface area contributed by atoms with Gasteiger partial charge in [-0.15, -0.1) is 0 Å². The van der Waals surface area contributed by atoms with E-state index in [4.69, 9.17) is 9.47 Å². The fourth-order valence-corrected chi connectivity index (χ4v) is 4.27. The van der Waals surface area contributed by atoms with E-state index in [0.29, 0.717) is 12.8 Å². The van der Waals surface area contributed by atoms with Gasteiger partial charge in [-0.25, -0.2) is 0 Å². The van der Waals surface area contributed by atoms with E-state index in [1.54, 1.807) is 14.2 Å². The van der Waals surface area contributed by atoms with Crippen molar-refractivity contribution in [3.05, 3.63) is 59.8 Å². The monoisotopic (exact) mass is 365 g/mol. The quantitative estimate of drug-likeness (QED) is 0.741. The molecule has 2 atom stereocenters. The van der Waals surface area contributed by atoms with Crippen LogP contribution in [0.15, 0.2) is 48.5 Å². The molecule has 3 aromatic rings. The number of carbonyl (C=O) groups is 1. The predicted octanol–water partition coefficient (Wildman–Crippen LogP) is 4.46. The van der Waals surface area contributed by atoms with Gasteiger partial charge in [0.15, 0.2) is 0 Å². The number of hydrogen-bond acceptors (Lipinski definition) is 3. The third kappa shape index (κ3) is 2.61. The molecule has 1 heterocycles. The van der Waals surface area contributed by atoms with E-state index in [1.165, 1.54) is 0 Å². The number of hydrogen-bond donors (Lipinski definition) is 1. The largest absolute Gasteiger partial charge is 0.497 e. The van der Waals surface area contributed by atoms with Gasteiger partial charge in [0, 0.05) is 18.2 Å². The SMILES string of the molecule is COc1ccc(-n2c3c(c4ccccc42)C(C(=O)O)CCC3(C)OC)cc1. The minimum Gasteiger partial charge on any atom is -0.497 e. The molecule has 2 aromatic carbocycles. The standard InChI is InChI=1S/C22H23NO4/c1-22(27-3)13-12-17(21(24)25)19-16-6-4-5-7-18(16)23(20(19)22)14-8-10-15(26-2)11-9-14/h4-11,17H,12-13H2,1-3H3,(H,24,25). The molecule has 0 spiro atoms. The third-order valence-electron chi connectivity index (χ3n) is 5.75. The van der Waals surface area contributed by atoms with Crippen LogP contribution in [-0.2, 0) is 15.1 Å². The number of nitrogens with zero attached hydrogens (tertiary/aromatic N) is 1. The second-order valence-corrected chi connectivity index (χ2v) is 7.18. The average Bonchev–Trinajstić information content (AvgIpc) is 3.04. The van der Waals surface area contributed by atoms with Gasteiger partial charge >= 0.3 is 5.97 Å². The maximum Gasteiger partial charge on any atom is 0.311 e. The Morgan fingerprint density at radius 2 is 1.85 bits per heavy atom. The van der Waals surface area contributed by atoms with Crippen molar-refractivity contribution in [3.63, 3.8) is 0 Å². The van der Waals surface area contributed by atoms with E-state index >= 15 is 0 Å². The van der Waals surface area contributed by atoms with Gasteiger partial charge in [-0.2, -0.15) is 0 Å². The maximum atomic E-state index is 12.0. The second kappa shape index (κ2) is 6.43. The van der Waals surface area contributed by atoms with Gasteiger partial charge in [0.1, 0.15) is 11.4 Å². The van der Waals surface area contributed by atoms with Gasteiger partial charge in [-0.3, -0.25) is 4.79 Å². The summed E-state index contributed by atoms with van der Waals surface area (Å²) in [4.78, 5) is 12.0. The highest BCUT2D eigenvalue weighted by Crippen LogP contribution is 2.49. The molecular formula is C22H23NO4. The molecule has 0 aliphatic heterocycles. The Bertz CT molecular complexity index is 1010. The van der Waals surface area contributed by atoms with E-state index in [1.807, 2.05) is 55.5 Å². The summed E-state index contributed by atoms with van der Waals surface area (Å²) in [7, 11) is 3.34. The van der Waals surface area contributed by atoms with Crippen LogP contribution in [0.4, 0.5) is 0 Å². The van der Waals surface area contributed by atoms with Crippen LogP contribution in [-0.4, -0.2) is 29.9 Å². The van der Waals surface area contributed by atoms with Crippen molar-refractivity contribution in [1.82, 2.24) is 4.57 Å². The van der Waals surface area contributed by atoms with Crippen molar-refractivity contribution in [3.8, 4) is 11.4 Å². The molecule has 1 aliphatic rings. The number of benzene rings is 2. The van der Waals surface area contributed by atoms with Crippen molar-refractivity contribution < 1.29 is 19.4 Å². The third-order valence-corrected chi connectivity index (χ3v) is 5.75. The van der Waals surface area contributed by atoms with Gasteiger partial charge < -0.3 is 19.1 Å². The van der Waals surface area contributed by atoms with Gasteiger partial charge in [0.05, 0.1) is 24.2 Å². The topological polar surface area (TPSA) is 60.7 Å². The number of carboxylic acids is 1. The Kier molecular flexibility index (Phi) is 4.19. The van der Waals surface area contributed by atoms with Crippen molar-refractivity contribution >= 4 is 16.9 Å². The van der Waals surface area contributed by atoms with Gasteiger partial charge in [0.25, 0.3) is 0 Å². The van der Waals surface area contributed by atoms with Crippen LogP contribution in [0.25, 0.3) is 16.6 Å². The molecule has 1 aromatic heterocycles. The molecule has 0 saturated heterocycles. The van der Waals surface area contributed by atoms with Crippen molar-refractivity contribution in [2.75, 3.05) is 14.2 Å². The highest BCUT2D eigenvalue weighted by molar-refractivity contribution is 5.93. The predicted molar refractivity (Wildman–Crippen MR) is 104 cm³/mol. The smallest absolute Gasteiger partial charge is 0.311 e. The number of rotatable bonds is 4. The first kappa shape index (κ1) is 17.6. The number of fused-ring (bicyclic) bond motifs is 3. The fraction of sp³-hybridized carbons (Fsp3) is 0.318. The zero-order valence-electron chi connectivity index (χ0n) is 15.7. The van der Waals surface area contributed by atoms with Crippen LogP contribution in [0.2, 0.25) is 0 Å². The zero-order valence-corrected chi connectivity index (χ0v) is 15.7. The van der Waals surface area contributed by atoms with Gasteiger partial charge in [-0.05, 0) is 55.7 Å². The normalized spacial score (nSPS) is 21.8. The van der Waals surface area contributed by atoms with E-state index in [9.17, 15) is 9.90 Å². The Balaban J connectivity index is 2.09. The van der Waals surface area contributed by atoms with E-state index in [0.717, 1.165) is 33.6 Å². The molecule has 5 nitrogen and oxygen atoms in total. The summed E-state index contributed by atoms with van der Waals surface area (Å²) in [5.74, 6) is -0.540. The lowest BCUT2D eigenvalue weighted by Gasteiger charge is -2.37. The number of methoxy groups -OCH3 is 2. The Labute approximate surface area is 158 Å². The van der Waals surface area contributed by atoms with Crippen LogP contribution in [0, 0.1) is 0 Å². The summed E-state index contributed by atoms with van der Waals surface area (Å²) in [6, 6.07) is 15.8.